The number of benzene rings is 9. The van der Waals surface area contributed by atoms with Crippen molar-refractivity contribution in [1.82, 2.24) is 0 Å². The average Bonchev–Trinajstić information content (AvgIpc) is 3.11. The van der Waals surface area contributed by atoms with Gasteiger partial charge in [-0.3, -0.25) is 0 Å². The molecule has 0 saturated heterocycles. The highest BCUT2D eigenvalue weighted by atomic mass is 14.2. The zero-order valence-electron chi connectivity index (χ0n) is 26.0. The van der Waals surface area contributed by atoms with E-state index in [1.807, 2.05) is 0 Å². The van der Waals surface area contributed by atoms with Crippen molar-refractivity contribution in [2.24, 2.45) is 0 Å². The van der Waals surface area contributed by atoms with Crippen LogP contribution in [0.4, 0.5) is 0 Å². The molecule has 0 aliphatic heterocycles. The van der Waals surface area contributed by atoms with E-state index < -0.39 is 0 Å². The SMILES string of the molecule is Cc1ccc(-c2c3ccccc3c(-c3ccc4ccccc4c3)c3ccccc23)cc1-c1c(C)c2ccccc2c2ccccc12. The lowest BCUT2D eigenvalue weighted by Gasteiger charge is -2.20. The Morgan fingerprint density at radius 1 is 0.304 bits per heavy atom. The van der Waals surface area contributed by atoms with Crippen LogP contribution in [0.3, 0.4) is 0 Å². The molecule has 0 aliphatic rings. The van der Waals surface area contributed by atoms with Gasteiger partial charge in [0.15, 0.2) is 0 Å². The van der Waals surface area contributed by atoms with Gasteiger partial charge in [-0.2, -0.15) is 0 Å². The largest absolute Gasteiger partial charge is 0.0616 e. The number of hydrogen-bond donors (Lipinski definition) is 0. The van der Waals surface area contributed by atoms with E-state index in [2.05, 4.69) is 172 Å². The highest BCUT2D eigenvalue weighted by Gasteiger charge is 2.19. The number of rotatable bonds is 3. The van der Waals surface area contributed by atoms with Crippen molar-refractivity contribution in [2.75, 3.05) is 0 Å². The summed E-state index contributed by atoms with van der Waals surface area (Å²) in [5.74, 6) is 0. The second-order valence-corrected chi connectivity index (χ2v) is 12.5. The first kappa shape index (κ1) is 26.7. The van der Waals surface area contributed by atoms with Crippen molar-refractivity contribution in [1.29, 1.82) is 0 Å². The minimum atomic E-state index is 1.25. The highest BCUT2D eigenvalue weighted by Crippen LogP contribution is 2.46. The Morgan fingerprint density at radius 3 is 1.30 bits per heavy atom. The molecule has 0 atom stereocenters. The van der Waals surface area contributed by atoms with Gasteiger partial charge in [-0.05, 0) is 124 Å². The molecule has 0 N–H and O–H groups in total. The van der Waals surface area contributed by atoms with Gasteiger partial charge in [0.2, 0.25) is 0 Å². The minimum Gasteiger partial charge on any atom is -0.0616 e. The topological polar surface area (TPSA) is 0 Å². The summed E-state index contributed by atoms with van der Waals surface area (Å²) in [5, 5.41) is 12.9. The predicted molar refractivity (Wildman–Crippen MR) is 200 cm³/mol. The number of hydrogen-bond acceptors (Lipinski definition) is 0. The van der Waals surface area contributed by atoms with E-state index in [9.17, 15) is 0 Å². The summed E-state index contributed by atoms with van der Waals surface area (Å²) < 4.78 is 0. The third-order valence-electron chi connectivity index (χ3n) is 9.96. The van der Waals surface area contributed by atoms with Crippen molar-refractivity contribution >= 4 is 53.9 Å². The molecule has 0 saturated carbocycles. The first-order valence-corrected chi connectivity index (χ1v) is 16.1. The van der Waals surface area contributed by atoms with Gasteiger partial charge in [0.05, 0.1) is 0 Å². The zero-order chi connectivity index (χ0) is 30.8. The first-order chi connectivity index (χ1) is 22.7. The summed E-state index contributed by atoms with van der Waals surface area (Å²) in [6.45, 7) is 4.54. The van der Waals surface area contributed by atoms with Crippen LogP contribution in [0.2, 0.25) is 0 Å². The van der Waals surface area contributed by atoms with Gasteiger partial charge in [0.25, 0.3) is 0 Å². The van der Waals surface area contributed by atoms with Gasteiger partial charge in [-0.1, -0.05) is 146 Å². The molecule has 0 bridgehead atoms. The fourth-order valence-corrected chi connectivity index (χ4v) is 7.81. The summed E-state index contributed by atoms with van der Waals surface area (Å²) in [4.78, 5) is 0. The van der Waals surface area contributed by atoms with Crippen LogP contribution in [0, 0.1) is 13.8 Å². The van der Waals surface area contributed by atoms with Crippen LogP contribution < -0.4 is 0 Å². The zero-order valence-corrected chi connectivity index (χ0v) is 26.0. The van der Waals surface area contributed by atoms with E-state index in [-0.39, 0.29) is 0 Å². The molecule has 0 aromatic heterocycles. The van der Waals surface area contributed by atoms with E-state index in [1.54, 1.807) is 0 Å². The van der Waals surface area contributed by atoms with Crippen LogP contribution in [0.25, 0.3) is 87.2 Å². The van der Waals surface area contributed by atoms with E-state index in [4.69, 9.17) is 0 Å². The van der Waals surface area contributed by atoms with Gasteiger partial charge in [0.1, 0.15) is 0 Å². The van der Waals surface area contributed by atoms with Crippen LogP contribution in [0.15, 0.2) is 158 Å². The molecular weight excluding hydrogens is 553 g/mol. The molecule has 46 heavy (non-hydrogen) atoms. The van der Waals surface area contributed by atoms with Gasteiger partial charge >= 0.3 is 0 Å². The second kappa shape index (κ2) is 10.4. The van der Waals surface area contributed by atoms with Crippen LogP contribution in [-0.2, 0) is 0 Å². The molecule has 0 spiro atoms. The quantitative estimate of drug-likeness (QED) is 0.143. The Morgan fingerprint density at radius 2 is 0.717 bits per heavy atom. The van der Waals surface area contributed by atoms with Gasteiger partial charge < -0.3 is 0 Å². The normalized spacial score (nSPS) is 11.7. The third kappa shape index (κ3) is 4.00. The maximum atomic E-state index is 2.45. The van der Waals surface area contributed by atoms with Crippen molar-refractivity contribution in [3.8, 4) is 33.4 Å². The van der Waals surface area contributed by atoms with Crippen molar-refractivity contribution in [2.45, 2.75) is 13.8 Å². The molecular formula is C46H32. The second-order valence-electron chi connectivity index (χ2n) is 12.5. The summed E-state index contributed by atoms with van der Waals surface area (Å²) in [6, 6.07) is 58.3. The monoisotopic (exact) mass is 584 g/mol. The summed E-state index contributed by atoms with van der Waals surface area (Å²) in [7, 11) is 0. The lowest BCUT2D eigenvalue weighted by atomic mass is 9.83. The van der Waals surface area contributed by atoms with E-state index in [1.165, 1.54) is 98.4 Å². The Labute approximate surface area is 269 Å². The summed E-state index contributed by atoms with van der Waals surface area (Å²) in [6.07, 6.45) is 0. The number of fused-ring (bicyclic) bond motifs is 6. The van der Waals surface area contributed by atoms with Gasteiger partial charge in [-0.25, -0.2) is 0 Å². The van der Waals surface area contributed by atoms with Gasteiger partial charge in [-0.15, -0.1) is 0 Å². The maximum Gasteiger partial charge on any atom is -0.00262 e. The predicted octanol–water partition coefficient (Wildman–Crippen LogP) is 13.1. The fraction of sp³-hybridized carbons (Fsp3) is 0.0435. The lowest BCUT2D eigenvalue weighted by molar-refractivity contribution is 1.44. The Balaban J connectivity index is 1.35. The molecule has 9 rings (SSSR count). The van der Waals surface area contributed by atoms with E-state index in [0.29, 0.717) is 0 Å². The van der Waals surface area contributed by atoms with E-state index in [0.717, 1.165) is 0 Å². The van der Waals surface area contributed by atoms with Crippen LogP contribution in [0.1, 0.15) is 11.1 Å². The standard InChI is InChI=1S/C46H32/c1-29-23-24-34(28-43(29)44-30(2)35-15-5-6-16-36(35)37-17-7-8-18-38(37)44)46-41-21-11-9-19-39(41)45(40-20-10-12-22-42(40)46)33-26-25-31-13-3-4-14-32(31)27-33/h3-28H,1-2H3. The Kier molecular flexibility index (Phi) is 6.05. The number of aryl methyl sites for hydroxylation is 2. The van der Waals surface area contributed by atoms with Crippen LogP contribution in [0.5, 0.6) is 0 Å². The Hall–Kier alpha value is -5.72. The smallest absolute Gasteiger partial charge is 0.00262 e. The fourth-order valence-electron chi connectivity index (χ4n) is 7.81. The van der Waals surface area contributed by atoms with Crippen LogP contribution >= 0.6 is 0 Å². The maximum absolute atomic E-state index is 2.45. The minimum absolute atomic E-state index is 1.25. The molecule has 0 amide bonds. The van der Waals surface area contributed by atoms with E-state index >= 15 is 0 Å². The molecule has 0 aliphatic carbocycles. The first-order valence-electron chi connectivity index (χ1n) is 16.1. The van der Waals surface area contributed by atoms with Gasteiger partial charge in [0, 0.05) is 0 Å². The third-order valence-corrected chi connectivity index (χ3v) is 9.96. The molecule has 9 aromatic rings. The molecule has 9 aromatic carbocycles. The van der Waals surface area contributed by atoms with Crippen LogP contribution in [-0.4, -0.2) is 0 Å². The lowest BCUT2D eigenvalue weighted by Crippen LogP contribution is -1.94. The molecule has 0 heterocycles. The summed E-state index contributed by atoms with van der Waals surface area (Å²) in [5.41, 5.74) is 10.3. The Bertz CT molecular complexity index is 2600. The molecule has 0 heteroatoms. The molecule has 0 unspecified atom stereocenters. The van der Waals surface area contributed by atoms with Crippen molar-refractivity contribution < 1.29 is 0 Å². The molecule has 0 radical (unpaired) electrons. The molecule has 0 nitrogen and oxygen atoms in total. The highest BCUT2D eigenvalue weighted by molar-refractivity contribution is 6.22. The summed E-state index contributed by atoms with van der Waals surface area (Å²) >= 11 is 0. The van der Waals surface area contributed by atoms with Crippen molar-refractivity contribution in [3.63, 3.8) is 0 Å². The molecule has 0 fully saturated rings. The average molecular weight is 585 g/mol. The van der Waals surface area contributed by atoms with Crippen molar-refractivity contribution in [3.05, 3.63) is 169 Å². The molecule has 216 valence electrons.